The molecule has 0 unspecified atom stereocenters. The highest BCUT2D eigenvalue weighted by molar-refractivity contribution is 7.08. The number of hydrogen-bond donors (Lipinski definition) is 3. The lowest BCUT2D eigenvalue weighted by Crippen LogP contribution is -2.47. The number of carbonyl (C=O) groups excluding carboxylic acids is 3. The number of rotatable bonds is 9. The van der Waals surface area contributed by atoms with Gasteiger partial charge in [-0.3, -0.25) is 14.4 Å². The largest absolute Gasteiger partial charge is 0.488 e. The van der Waals surface area contributed by atoms with E-state index in [1.165, 1.54) is 11.3 Å². The normalized spacial score (nSPS) is 14.1. The maximum atomic E-state index is 13.4. The smallest absolute Gasteiger partial charge is 0.272 e. The highest BCUT2D eigenvalue weighted by atomic mass is 32.1. The molecule has 1 aliphatic heterocycles. The lowest BCUT2D eigenvalue weighted by atomic mass is 10.0. The third-order valence-electron chi connectivity index (χ3n) is 6.42. The fourth-order valence-corrected chi connectivity index (χ4v) is 5.12. The molecule has 0 atom stereocenters. The molecule has 3 aromatic rings. The van der Waals surface area contributed by atoms with Crippen LogP contribution in [0.4, 0.5) is 10.1 Å². The summed E-state index contributed by atoms with van der Waals surface area (Å²) in [6.07, 6.45) is 1.62. The van der Waals surface area contributed by atoms with Crippen molar-refractivity contribution in [3.05, 3.63) is 39.8 Å². The highest BCUT2D eigenvalue weighted by Gasteiger charge is 2.29. The van der Waals surface area contributed by atoms with Crippen LogP contribution < -0.4 is 15.4 Å². The van der Waals surface area contributed by atoms with Crippen molar-refractivity contribution < 1.29 is 28.6 Å². The number of thiophene rings is 1. The molecule has 0 bridgehead atoms. The second-order valence-electron chi connectivity index (χ2n) is 8.73. The Kier molecular flexibility index (Phi) is 8.39. The maximum absolute atomic E-state index is 13.4. The lowest BCUT2D eigenvalue weighted by Gasteiger charge is -2.32. The summed E-state index contributed by atoms with van der Waals surface area (Å²) < 4.78 is 20.4. The number of amides is 3. The second kappa shape index (κ2) is 11.7. The summed E-state index contributed by atoms with van der Waals surface area (Å²) in [5.41, 5.74) is 2.35. The number of aliphatic hydroxyl groups excluding tert-OH is 1. The van der Waals surface area contributed by atoms with E-state index >= 15 is 0 Å². The topological polar surface area (TPSA) is 126 Å². The monoisotopic (exact) mass is 531 g/mol. The minimum Gasteiger partial charge on any atom is -0.488 e. The van der Waals surface area contributed by atoms with Gasteiger partial charge in [0.1, 0.15) is 25.5 Å². The Labute approximate surface area is 217 Å². The fraction of sp³-hybridized carbons (Fsp3) is 0.440. The van der Waals surface area contributed by atoms with Crippen molar-refractivity contribution in [2.75, 3.05) is 38.3 Å². The molecule has 0 radical (unpaired) electrons. The number of aryl methyl sites for hydroxylation is 2. The molecule has 198 valence electrons. The molecule has 1 fully saturated rings. The van der Waals surface area contributed by atoms with Crippen LogP contribution in [0.3, 0.4) is 0 Å². The van der Waals surface area contributed by atoms with Gasteiger partial charge in [-0.2, -0.15) is 11.3 Å². The van der Waals surface area contributed by atoms with Crippen LogP contribution >= 0.6 is 11.3 Å². The molecule has 4 rings (SSSR count). The van der Waals surface area contributed by atoms with E-state index < -0.39 is 19.2 Å². The number of alkyl halides is 1. The summed E-state index contributed by atoms with van der Waals surface area (Å²) in [7, 11) is 1.69. The van der Waals surface area contributed by atoms with Gasteiger partial charge in [-0.1, -0.05) is 6.92 Å². The van der Waals surface area contributed by atoms with E-state index in [2.05, 4.69) is 10.6 Å². The Hall–Kier alpha value is -3.51. The van der Waals surface area contributed by atoms with Gasteiger partial charge in [-0.15, -0.1) is 0 Å². The van der Waals surface area contributed by atoms with Crippen molar-refractivity contribution in [2.24, 2.45) is 7.05 Å². The summed E-state index contributed by atoms with van der Waals surface area (Å²) >= 11 is 1.42. The van der Waals surface area contributed by atoms with Gasteiger partial charge < -0.3 is 29.9 Å². The van der Waals surface area contributed by atoms with Crippen LogP contribution in [0.5, 0.6) is 5.75 Å². The molecule has 10 nitrogen and oxygen atoms in total. The summed E-state index contributed by atoms with van der Waals surface area (Å²) in [4.78, 5) is 44.1. The van der Waals surface area contributed by atoms with E-state index in [0.29, 0.717) is 60.3 Å². The van der Waals surface area contributed by atoms with Crippen molar-refractivity contribution in [3.63, 3.8) is 0 Å². The molecule has 1 aliphatic rings. The number of hydrogen-bond acceptors (Lipinski definition) is 7. The number of fused-ring (bicyclic) bond motifs is 1. The van der Waals surface area contributed by atoms with Crippen LogP contribution in [-0.2, 0) is 18.3 Å². The number of ether oxygens (including phenoxy) is 1. The number of carbonyl (C=O) groups is 3. The van der Waals surface area contributed by atoms with E-state index in [9.17, 15) is 18.8 Å². The molecule has 0 aliphatic carbocycles. The number of aromatic nitrogens is 2. The zero-order chi connectivity index (χ0) is 26.5. The number of aliphatic hydroxyl groups is 1. The highest BCUT2D eigenvalue weighted by Crippen LogP contribution is 2.35. The number of piperidine rings is 1. The number of pyridine rings is 1. The average Bonchev–Trinajstić information content (AvgIpc) is 3.54. The van der Waals surface area contributed by atoms with E-state index in [1.807, 2.05) is 12.3 Å². The first kappa shape index (κ1) is 26.6. The zero-order valence-electron chi connectivity index (χ0n) is 20.8. The molecule has 0 aromatic carbocycles. The van der Waals surface area contributed by atoms with Gasteiger partial charge in [0.15, 0.2) is 11.4 Å². The third kappa shape index (κ3) is 5.59. The lowest BCUT2D eigenvalue weighted by molar-refractivity contribution is -0.135. The third-order valence-corrected chi connectivity index (χ3v) is 7.10. The first-order valence-electron chi connectivity index (χ1n) is 12.1. The molecule has 0 saturated carbocycles. The van der Waals surface area contributed by atoms with Gasteiger partial charge in [0.05, 0.1) is 22.3 Å². The Morgan fingerprint density at radius 1 is 1.27 bits per heavy atom. The molecule has 3 N–H and O–H groups in total. The predicted octanol–water partition coefficient (Wildman–Crippen LogP) is 2.51. The average molecular weight is 532 g/mol. The Balaban J connectivity index is 1.65. The van der Waals surface area contributed by atoms with Crippen molar-refractivity contribution in [3.8, 4) is 5.75 Å². The Morgan fingerprint density at radius 2 is 2.03 bits per heavy atom. The van der Waals surface area contributed by atoms with Crippen LogP contribution in [0.2, 0.25) is 0 Å². The Morgan fingerprint density at radius 3 is 2.65 bits per heavy atom. The molecule has 3 amide bonds. The van der Waals surface area contributed by atoms with Crippen LogP contribution in [-0.4, -0.2) is 76.3 Å². The van der Waals surface area contributed by atoms with Gasteiger partial charge >= 0.3 is 0 Å². The van der Waals surface area contributed by atoms with E-state index in [-0.39, 0.29) is 35.9 Å². The fourth-order valence-electron chi connectivity index (χ4n) is 4.48. The maximum Gasteiger partial charge on any atom is 0.272 e. The second-order valence-corrected chi connectivity index (χ2v) is 9.51. The van der Waals surface area contributed by atoms with E-state index in [1.54, 1.807) is 34.0 Å². The standard InChI is InChI=1S/C25H30FN5O5S/c1-3-18-19(29-24(34)15-6-11-37-14-15)12-17-22(36-10-7-26)21(30(2)23(17)28-18)25(35)27-16-4-8-31(9-5-16)20(33)13-32/h6,11-12,14,16,32H,3-5,7-10,13H2,1-2H3,(H,27,35)(H,29,34). The van der Waals surface area contributed by atoms with Gasteiger partial charge in [-0.05, 0) is 36.8 Å². The molecule has 0 spiro atoms. The van der Waals surface area contributed by atoms with Crippen LogP contribution in [0, 0.1) is 0 Å². The quantitative estimate of drug-likeness (QED) is 0.390. The van der Waals surface area contributed by atoms with Crippen molar-refractivity contribution in [2.45, 2.75) is 32.2 Å². The van der Waals surface area contributed by atoms with Crippen LogP contribution in [0.15, 0.2) is 22.9 Å². The number of halogens is 1. The minimum absolute atomic E-state index is 0.179. The molecule has 1 saturated heterocycles. The van der Waals surface area contributed by atoms with Crippen molar-refractivity contribution in [1.29, 1.82) is 0 Å². The predicted molar refractivity (Wildman–Crippen MR) is 138 cm³/mol. The van der Waals surface area contributed by atoms with Gasteiger partial charge in [-0.25, -0.2) is 9.37 Å². The summed E-state index contributed by atoms with van der Waals surface area (Å²) in [6, 6.07) is 3.26. The van der Waals surface area contributed by atoms with Crippen molar-refractivity contribution >= 4 is 45.8 Å². The Bertz CT molecular complexity index is 1280. The molecule has 12 heteroatoms. The number of nitrogens with zero attached hydrogens (tertiary/aromatic N) is 3. The molecular weight excluding hydrogens is 501 g/mol. The van der Waals surface area contributed by atoms with Crippen LogP contribution in [0.1, 0.15) is 46.3 Å². The number of likely N-dealkylation sites (tertiary alicyclic amines) is 1. The van der Waals surface area contributed by atoms with E-state index in [4.69, 9.17) is 14.8 Å². The summed E-state index contributed by atoms with van der Waals surface area (Å²) in [6.45, 7) is 1.26. The molecule has 3 aromatic heterocycles. The number of anilines is 1. The summed E-state index contributed by atoms with van der Waals surface area (Å²) in [5, 5.41) is 19.0. The first-order chi connectivity index (χ1) is 17.9. The van der Waals surface area contributed by atoms with Crippen molar-refractivity contribution in [1.82, 2.24) is 19.8 Å². The summed E-state index contributed by atoms with van der Waals surface area (Å²) in [5.74, 6) is -0.812. The molecule has 4 heterocycles. The molecule has 37 heavy (non-hydrogen) atoms. The number of nitrogens with one attached hydrogen (secondary N) is 2. The minimum atomic E-state index is -0.739. The van der Waals surface area contributed by atoms with E-state index in [0.717, 1.165) is 0 Å². The zero-order valence-corrected chi connectivity index (χ0v) is 21.6. The van der Waals surface area contributed by atoms with Gasteiger partial charge in [0.25, 0.3) is 11.8 Å². The van der Waals surface area contributed by atoms with Gasteiger partial charge in [0.2, 0.25) is 5.91 Å². The molecular formula is C25H30FN5O5S. The van der Waals surface area contributed by atoms with Gasteiger partial charge in [0, 0.05) is 31.6 Å². The first-order valence-corrected chi connectivity index (χ1v) is 13.1. The SMILES string of the molecule is CCc1nc2c(cc1NC(=O)c1ccsc1)c(OCCF)c(C(=O)NC1CCN(C(=O)CO)CC1)n2C. The van der Waals surface area contributed by atoms with Crippen LogP contribution in [0.25, 0.3) is 11.0 Å².